The second-order valence-corrected chi connectivity index (χ2v) is 10.8. The van der Waals surface area contributed by atoms with E-state index in [-0.39, 0.29) is 24.7 Å². The van der Waals surface area contributed by atoms with Gasteiger partial charge in [0, 0.05) is 17.1 Å². The molecule has 0 saturated heterocycles. The zero-order valence-corrected chi connectivity index (χ0v) is 23.3. The van der Waals surface area contributed by atoms with Crippen molar-refractivity contribution in [2.45, 2.75) is 84.0 Å². The van der Waals surface area contributed by atoms with Crippen LogP contribution in [0.1, 0.15) is 58.9 Å². The van der Waals surface area contributed by atoms with Crippen LogP contribution >= 0.6 is 0 Å². The first-order chi connectivity index (χ1) is 18.4. The molecule has 2 aromatic rings. The minimum atomic E-state index is -1.15. The molecule has 0 spiro atoms. The van der Waals surface area contributed by atoms with Gasteiger partial charge in [-0.3, -0.25) is 14.4 Å². The predicted molar refractivity (Wildman–Crippen MR) is 151 cm³/mol. The molecule has 0 aliphatic heterocycles. The topological polar surface area (TPSA) is 192 Å². The Morgan fingerprint density at radius 2 is 1.56 bits per heavy atom. The van der Waals surface area contributed by atoms with Gasteiger partial charge in [0.05, 0.1) is 6.04 Å². The number of benzene rings is 1. The Labute approximate surface area is 229 Å². The number of aromatic amines is 1. The SMILES string of the molecule is CC(C)CC(NC(=O)C(N)Cc1c[nH]c2ccccc12)C(=O)NC(CCCCN)C(=O)NC(C(=O)O)C(C)C. The first-order valence-electron chi connectivity index (χ1n) is 13.6. The number of carboxylic acid groups (broad SMARTS) is 1. The molecular formula is C28H44N6O5. The zero-order valence-electron chi connectivity index (χ0n) is 23.3. The number of unbranched alkanes of at least 4 members (excludes halogenated alkanes) is 1. The summed E-state index contributed by atoms with van der Waals surface area (Å²) in [5.41, 5.74) is 13.7. The molecule has 1 aromatic heterocycles. The van der Waals surface area contributed by atoms with Crippen LogP contribution in [0.25, 0.3) is 10.9 Å². The summed E-state index contributed by atoms with van der Waals surface area (Å²) in [4.78, 5) is 54.2. The Hall–Kier alpha value is -3.44. The van der Waals surface area contributed by atoms with E-state index in [9.17, 15) is 24.3 Å². The lowest BCUT2D eigenvalue weighted by Crippen LogP contribution is -2.58. The van der Waals surface area contributed by atoms with Crippen molar-refractivity contribution in [2.24, 2.45) is 23.3 Å². The highest BCUT2D eigenvalue weighted by Crippen LogP contribution is 2.19. The van der Waals surface area contributed by atoms with Gasteiger partial charge in [-0.15, -0.1) is 0 Å². The van der Waals surface area contributed by atoms with Crippen molar-refractivity contribution in [3.8, 4) is 0 Å². The average Bonchev–Trinajstić information content (AvgIpc) is 3.28. The molecule has 0 saturated carbocycles. The van der Waals surface area contributed by atoms with Crippen LogP contribution in [-0.2, 0) is 25.6 Å². The molecule has 0 bridgehead atoms. The molecule has 0 fully saturated rings. The lowest BCUT2D eigenvalue weighted by Gasteiger charge is -2.26. The first kappa shape index (κ1) is 31.8. The van der Waals surface area contributed by atoms with E-state index in [0.717, 1.165) is 16.5 Å². The Kier molecular flexibility index (Phi) is 12.4. The minimum Gasteiger partial charge on any atom is -0.480 e. The molecule has 11 heteroatoms. The number of hydrogen-bond acceptors (Lipinski definition) is 6. The highest BCUT2D eigenvalue weighted by atomic mass is 16.4. The fraction of sp³-hybridized carbons (Fsp3) is 0.571. The van der Waals surface area contributed by atoms with Gasteiger partial charge in [0.15, 0.2) is 0 Å². The third-order valence-corrected chi connectivity index (χ3v) is 6.60. The molecule has 4 atom stereocenters. The van der Waals surface area contributed by atoms with Crippen LogP contribution in [0.3, 0.4) is 0 Å². The van der Waals surface area contributed by atoms with Gasteiger partial charge >= 0.3 is 5.97 Å². The van der Waals surface area contributed by atoms with Crippen LogP contribution in [-0.4, -0.2) is 64.5 Å². The third-order valence-electron chi connectivity index (χ3n) is 6.60. The molecule has 216 valence electrons. The molecule has 2 rings (SSSR count). The fourth-order valence-electron chi connectivity index (χ4n) is 4.41. The van der Waals surface area contributed by atoms with E-state index in [0.29, 0.717) is 25.8 Å². The molecule has 9 N–H and O–H groups in total. The second kappa shape index (κ2) is 15.2. The smallest absolute Gasteiger partial charge is 0.326 e. The number of amides is 3. The van der Waals surface area contributed by atoms with E-state index in [1.807, 2.05) is 44.3 Å². The number of aliphatic carboxylic acids is 1. The van der Waals surface area contributed by atoms with Crippen LogP contribution in [0, 0.1) is 11.8 Å². The van der Waals surface area contributed by atoms with Crippen LogP contribution in [0.15, 0.2) is 30.5 Å². The zero-order chi connectivity index (χ0) is 29.1. The highest BCUT2D eigenvalue weighted by Gasteiger charge is 2.31. The largest absolute Gasteiger partial charge is 0.480 e. The van der Waals surface area contributed by atoms with Gasteiger partial charge in [-0.05, 0) is 62.1 Å². The summed E-state index contributed by atoms with van der Waals surface area (Å²) in [6, 6.07) is 3.83. The summed E-state index contributed by atoms with van der Waals surface area (Å²) in [5, 5.41) is 18.5. The van der Waals surface area contributed by atoms with Crippen molar-refractivity contribution < 1.29 is 24.3 Å². The number of carbonyl (C=O) groups excluding carboxylic acids is 3. The summed E-state index contributed by atoms with van der Waals surface area (Å²) in [6.07, 6.45) is 3.91. The summed E-state index contributed by atoms with van der Waals surface area (Å²) in [6.45, 7) is 7.64. The highest BCUT2D eigenvalue weighted by molar-refractivity contribution is 5.94. The molecule has 3 amide bonds. The standard InChI is InChI=1S/C28H44N6O5/c1-16(2)13-23(33-25(35)20(30)14-18-15-31-21-10-6-5-9-19(18)21)27(37)32-22(11-7-8-12-29)26(36)34-24(17(3)4)28(38)39/h5-6,9-10,15-17,20,22-24,31H,7-8,11-14,29-30H2,1-4H3,(H,32,37)(H,33,35)(H,34,36)(H,38,39). The fourth-order valence-corrected chi connectivity index (χ4v) is 4.41. The molecule has 0 aliphatic rings. The van der Waals surface area contributed by atoms with E-state index in [1.54, 1.807) is 13.8 Å². The third kappa shape index (κ3) is 9.67. The average molecular weight is 545 g/mol. The number of nitrogens with two attached hydrogens (primary N) is 2. The number of carboxylic acids is 1. The van der Waals surface area contributed by atoms with Crippen molar-refractivity contribution in [3.05, 3.63) is 36.0 Å². The maximum absolute atomic E-state index is 13.3. The number of rotatable bonds is 16. The van der Waals surface area contributed by atoms with E-state index in [1.165, 1.54) is 0 Å². The van der Waals surface area contributed by atoms with E-state index in [4.69, 9.17) is 11.5 Å². The normalized spacial score (nSPS) is 14.6. The number of para-hydroxylation sites is 1. The molecule has 0 aliphatic carbocycles. The van der Waals surface area contributed by atoms with Crippen LogP contribution in [0.2, 0.25) is 0 Å². The van der Waals surface area contributed by atoms with Crippen LogP contribution in [0.5, 0.6) is 0 Å². The van der Waals surface area contributed by atoms with Gasteiger partial charge in [-0.25, -0.2) is 4.79 Å². The van der Waals surface area contributed by atoms with Crippen molar-refractivity contribution in [2.75, 3.05) is 6.54 Å². The summed E-state index contributed by atoms with van der Waals surface area (Å²) < 4.78 is 0. The van der Waals surface area contributed by atoms with Gasteiger partial charge in [-0.1, -0.05) is 45.9 Å². The van der Waals surface area contributed by atoms with Crippen molar-refractivity contribution in [3.63, 3.8) is 0 Å². The monoisotopic (exact) mass is 544 g/mol. The lowest BCUT2D eigenvalue weighted by molar-refractivity contribution is -0.143. The van der Waals surface area contributed by atoms with Gasteiger partial charge in [0.2, 0.25) is 17.7 Å². The molecule has 11 nitrogen and oxygen atoms in total. The van der Waals surface area contributed by atoms with Crippen molar-refractivity contribution in [1.82, 2.24) is 20.9 Å². The molecule has 1 heterocycles. The first-order valence-corrected chi connectivity index (χ1v) is 13.6. The van der Waals surface area contributed by atoms with Crippen molar-refractivity contribution >= 4 is 34.6 Å². The Morgan fingerprint density at radius 3 is 2.18 bits per heavy atom. The van der Waals surface area contributed by atoms with E-state index < -0.39 is 47.9 Å². The van der Waals surface area contributed by atoms with Gasteiger partial charge < -0.3 is 37.5 Å². The van der Waals surface area contributed by atoms with Crippen LogP contribution in [0.4, 0.5) is 0 Å². The number of aromatic nitrogens is 1. The Balaban J connectivity index is 2.13. The summed E-state index contributed by atoms with van der Waals surface area (Å²) >= 11 is 0. The molecule has 1 aromatic carbocycles. The molecule has 0 radical (unpaired) electrons. The van der Waals surface area contributed by atoms with E-state index in [2.05, 4.69) is 20.9 Å². The number of H-pyrrole nitrogens is 1. The number of nitrogens with one attached hydrogen (secondary N) is 4. The summed E-state index contributed by atoms with van der Waals surface area (Å²) in [7, 11) is 0. The van der Waals surface area contributed by atoms with Crippen LogP contribution < -0.4 is 27.4 Å². The maximum Gasteiger partial charge on any atom is 0.326 e. The van der Waals surface area contributed by atoms with Gasteiger partial charge in [-0.2, -0.15) is 0 Å². The predicted octanol–water partition coefficient (Wildman–Crippen LogP) is 1.41. The van der Waals surface area contributed by atoms with Crippen molar-refractivity contribution in [1.29, 1.82) is 0 Å². The maximum atomic E-state index is 13.3. The van der Waals surface area contributed by atoms with Gasteiger partial charge in [0.1, 0.15) is 18.1 Å². The number of hydrogen-bond donors (Lipinski definition) is 7. The number of carbonyl (C=O) groups is 4. The number of fused-ring (bicyclic) bond motifs is 1. The lowest BCUT2D eigenvalue weighted by atomic mass is 10.00. The second-order valence-electron chi connectivity index (χ2n) is 10.8. The molecular weight excluding hydrogens is 500 g/mol. The van der Waals surface area contributed by atoms with Gasteiger partial charge in [0.25, 0.3) is 0 Å². The molecule has 4 unspecified atom stereocenters. The minimum absolute atomic E-state index is 0.0627. The van der Waals surface area contributed by atoms with E-state index >= 15 is 0 Å². The molecule has 39 heavy (non-hydrogen) atoms. The Bertz CT molecular complexity index is 1110. The Morgan fingerprint density at radius 1 is 0.923 bits per heavy atom. The quantitative estimate of drug-likeness (QED) is 0.155. The summed E-state index contributed by atoms with van der Waals surface area (Å²) in [5.74, 6) is -3.03.